The minimum atomic E-state index is 0.378. The van der Waals surface area contributed by atoms with Crippen molar-refractivity contribution >= 4 is 0 Å². The number of piperidine rings is 1. The summed E-state index contributed by atoms with van der Waals surface area (Å²) in [5.41, 5.74) is 0.378. The van der Waals surface area contributed by atoms with Gasteiger partial charge in [-0.05, 0) is 58.5 Å². The van der Waals surface area contributed by atoms with Gasteiger partial charge in [-0.15, -0.1) is 0 Å². The highest BCUT2D eigenvalue weighted by molar-refractivity contribution is 5.08. The van der Waals surface area contributed by atoms with Crippen molar-refractivity contribution in [3.05, 3.63) is 0 Å². The molecular weight excluding hydrogens is 184 g/mol. The second-order valence-corrected chi connectivity index (χ2v) is 6.70. The molecule has 2 saturated heterocycles. The molecule has 1 saturated carbocycles. The molecule has 15 heavy (non-hydrogen) atoms. The van der Waals surface area contributed by atoms with Crippen molar-refractivity contribution in [1.29, 1.82) is 0 Å². The van der Waals surface area contributed by atoms with Gasteiger partial charge in [-0.25, -0.2) is 0 Å². The van der Waals surface area contributed by atoms with Crippen LogP contribution in [0.2, 0.25) is 0 Å². The number of hydrogen-bond donors (Lipinski definition) is 0. The predicted molar refractivity (Wildman–Crippen MR) is 62.9 cm³/mol. The lowest BCUT2D eigenvalue weighted by molar-refractivity contribution is 0.0548. The molecule has 0 bridgehead atoms. The molecule has 0 aromatic heterocycles. The molecular formula is C13H24N2. The van der Waals surface area contributed by atoms with Crippen molar-refractivity contribution in [1.82, 2.24) is 9.80 Å². The van der Waals surface area contributed by atoms with Crippen molar-refractivity contribution in [3.63, 3.8) is 0 Å². The smallest absolute Gasteiger partial charge is 0.0259 e. The zero-order valence-electron chi connectivity index (χ0n) is 10.4. The summed E-state index contributed by atoms with van der Waals surface area (Å²) < 4.78 is 0. The van der Waals surface area contributed by atoms with Crippen LogP contribution >= 0.6 is 0 Å². The van der Waals surface area contributed by atoms with E-state index in [0.29, 0.717) is 5.54 Å². The van der Waals surface area contributed by atoms with Gasteiger partial charge < -0.3 is 4.90 Å². The molecule has 0 aromatic rings. The Hall–Kier alpha value is -0.0800. The molecule has 3 atom stereocenters. The van der Waals surface area contributed by atoms with Gasteiger partial charge in [0.15, 0.2) is 0 Å². The molecule has 0 spiro atoms. The molecule has 2 heteroatoms. The Bertz CT molecular complexity index is 252. The second kappa shape index (κ2) is 3.21. The molecule has 2 aliphatic heterocycles. The maximum atomic E-state index is 2.77. The average Bonchev–Trinajstić information content (AvgIpc) is 2.72. The Balaban J connectivity index is 1.67. The highest BCUT2D eigenvalue weighted by atomic mass is 15.3. The minimum Gasteiger partial charge on any atom is -0.302 e. The number of fused-ring (bicyclic) bond motifs is 1. The largest absolute Gasteiger partial charge is 0.302 e. The van der Waals surface area contributed by atoms with Gasteiger partial charge in [-0.1, -0.05) is 0 Å². The average molecular weight is 208 g/mol. The molecule has 0 radical (unpaired) electrons. The Morgan fingerprint density at radius 3 is 2.47 bits per heavy atom. The van der Waals surface area contributed by atoms with Crippen LogP contribution in [-0.4, -0.2) is 47.6 Å². The number of nitrogens with zero attached hydrogens (tertiary/aromatic N) is 2. The third-order valence-electron chi connectivity index (χ3n) is 4.56. The summed E-state index contributed by atoms with van der Waals surface area (Å²) in [6, 6.07) is 0.871. The number of rotatable bonds is 2. The van der Waals surface area contributed by atoms with E-state index in [-0.39, 0.29) is 0 Å². The van der Waals surface area contributed by atoms with Gasteiger partial charge in [0.25, 0.3) is 0 Å². The maximum Gasteiger partial charge on any atom is 0.0259 e. The molecule has 2 heterocycles. The van der Waals surface area contributed by atoms with Gasteiger partial charge in [0, 0.05) is 24.7 Å². The Morgan fingerprint density at radius 1 is 1.20 bits per heavy atom. The first kappa shape index (κ1) is 10.1. The molecule has 0 N–H and O–H groups in total. The van der Waals surface area contributed by atoms with Crippen molar-refractivity contribution in [2.24, 2.45) is 11.8 Å². The molecule has 2 nitrogen and oxygen atoms in total. The van der Waals surface area contributed by atoms with E-state index in [2.05, 4.69) is 30.6 Å². The van der Waals surface area contributed by atoms with E-state index in [9.17, 15) is 0 Å². The zero-order chi connectivity index (χ0) is 10.6. The standard InChI is InChI=1S/C13H24N2/c1-13(2,3)15-8-10-7-11(10)12(15)9-14-5-4-6-14/h10-12H,4-9H2,1-3H3. The van der Waals surface area contributed by atoms with Gasteiger partial charge in [-0.3, -0.25) is 4.90 Å². The van der Waals surface area contributed by atoms with Crippen LogP contribution in [0.1, 0.15) is 33.6 Å². The quantitative estimate of drug-likeness (QED) is 0.683. The summed E-state index contributed by atoms with van der Waals surface area (Å²) in [5.74, 6) is 2.10. The summed E-state index contributed by atoms with van der Waals surface area (Å²) in [4.78, 5) is 5.41. The lowest BCUT2D eigenvalue weighted by Crippen LogP contribution is -2.53. The van der Waals surface area contributed by atoms with Crippen molar-refractivity contribution in [2.45, 2.75) is 45.2 Å². The van der Waals surface area contributed by atoms with Crippen LogP contribution in [0.5, 0.6) is 0 Å². The fourth-order valence-corrected chi connectivity index (χ4v) is 3.41. The third kappa shape index (κ3) is 1.72. The fraction of sp³-hybridized carbons (Fsp3) is 1.00. The van der Waals surface area contributed by atoms with Gasteiger partial charge in [-0.2, -0.15) is 0 Å². The monoisotopic (exact) mass is 208 g/mol. The normalized spacial score (nSPS) is 41.4. The molecule has 86 valence electrons. The lowest BCUT2D eigenvalue weighted by atomic mass is 10.0. The summed E-state index contributed by atoms with van der Waals surface area (Å²) in [6.45, 7) is 12.5. The predicted octanol–water partition coefficient (Wildman–Crippen LogP) is 1.81. The van der Waals surface area contributed by atoms with Gasteiger partial charge in [0.1, 0.15) is 0 Å². The van der Waals surface area contributed by atoms with Crippen LogP contribution in [0.4, 0.5) is 0 Å². The van der Waals surface area contributed by atoms with E-state index in [1.807, 2.05) is 0 Å². The molecule has 0 aromatic carbocycles. The molecule has 0 amide bonds. The second-order valence-electron chi connectivity index (χ2n) is 6.70. The summed E-state index contributed by atoms with van der Waals surface area (Å²) in [5, 5.41) is 0. The Kier molecular flexibility index (Phi) is 2.16. The first-order valence-corrected chi connectivity index (χ1v) is 6.55. The minimum absolute atomic E-state index is 0.378. The van der Waals surface area contributed by atoms with E-state index in [1.165, 1.54) is 39.0 Å². The first-order chi connectivity index (χ1) is 7.05. The van der Waals surface area contributed by atoms with Crippen molar-refractivity contribution in [2.75, 3.05) is 26.2 Å². The molecule has 3 aliphatic rings. The summed E-state index contributed by atoms with van der Waals surface area (Å²) >= 11 is 0. The molecule has 3 unspecified atom stereocenters. The SMILES string of the molecule is CC(C)(C)N1CC2CC2C1CN1CCC1. The Labute approximate surface area is 93.6 Å². The van der Waals surface area contributed by atoms with Gasteiger partial charge in [0.2, 0.25) is 0 Å². The van der Waals surface area contributed by atoms with E-state index >= 15 is 0 Å². The van der Waals surface area contributed by atoms with E-state index < -0.39 is 0 Å². The summed E-state index contributed by atoms with van der Waals surface area (Å²) in [7, 11) is 0. The highest BCUT2D eigenvalue weighted by Gasteiger charge is 2.54. The van der Waals surface area contributed by atoms with E-state index in [4.69, 9.17) is 0 Å². The molecule has 3 rings (SSSR count). The molecule has 3 fully saturated rings. The van der Waals surface area contributed by atoms with Crippen LogP contribution in [0.3, 0.4) is 0 Å². The number of hydrogen-bond acceptors (Lipinski definition) is 2. The topological polar surface area (TPSA) is 6.48 Å². The lowest BCUT2D eigenvalue weighted by Gasteiger charge is -2.42. The first-order valence-electron chi connectivity index (χ1n) is 6.55. The summed E-state index contributed by atoms with van der Waals surface area (Å²) in [6.07, 6.45) is 2.95. The van der Waals surface area contributed by atoms with E-state index in [1.54, 1.807) is 0 Å². The van der Waals surface area contributed by atoms with Gasteiger partial charge >= 0.3 is 0 Å². The van der Waals surface area contributed by atoms with Gasteiger partial charge in [0.05, 0.1) is 0 Å². The number of likely N-dealkylation sites (tertiary alicyclic amines) is 2. The van der Waals surface area contributed by atoms with Crippen LogP contribution in [0.15, 0.2) is 0 Å². The zero-order valence-corrected chi connectivity index (χ0v) is 10.4. The van der Waals surface area contributed by atoms with Crippen LogP contribution < -0.4 is 0 Å². The van der Waals surface area contributed by atoms with Crippen molar-refractivity contribution < 1.29 is 0 Å². The Morgan fingerprint density at radius 2 is 1.93 bits per heavy atom. The van der Waals surface area contributed by atoms with Crippen LogP contribution in [-0.2, 0) is 0 Å². The maximum absolute atomic E-state index is 2.77. The van der Waals surface area contributed by atoms with E-state index in [0.717, 1.165) is 17.9 Å². The third-order valence-corrected chi connectivity index (χ3v) is 4.56. The van der Waals surface area contributed by atoms with Crippen LogP contribution in [0.25, 0.3) is 0 Å². The highest BCUT2D eigenvalue weighted by Crippen LogP contribution is 2.51. The fourth-order valence-electron chi connectivity index (χ4n) is 3.41. The van der Waals surface area contributed by atoms with Crippen molar-refractivity contribution in [3.8, 4) is 0 Å². The van der Waals surface area contributed by atoms with Crippen LogP contribution in [0, 0.1) is 11.8 Å². The molecule has 1 aliphatic carbocycles.